The Morgan fingerprint density at radius 2 is 1.82 bits per heavy atom. The topological polar surface area (TPSA) is 67.2 Å². The number of hydrogen-bond donors (Lipinski definition) is 1. The number of fused-ring (bicyclic) bond motifs is 1. The second-order valence-electron chi connectivity index (χ2n) is 10.4. The van der Waals surface area contributed by atoms with Crippen molar-refractivity contribution in [2.75, 3.05) is 0 Å². The van der Waals surface area contributed by atoms with Gasteiger partial charge in [-0.2, -0.15) is 5.10 Å². The van der Waals surface area contributed by atoms with Crippen molar-refractivity contribution in [1.29, 1.82) is 0 Å². The lowest BCUT2D eigenvalue weighted by Crippen LogP contribution is -2.64. The van der Waals surface area contributed by atoms with Crippen LogP contribution in [0.25, 0.3) is 0 Å². The molecule has 0 saturated heterocycles. The number of carbonyl (C=O) groups excluding carboxylic acids is 2. The monoisotopic (exact) mass is 450 g/mol. The van der Waals surface area contributed by atoms with Crippen LogP contribution in [0.4, 0.5) is 0 Å². The van der Waals surface area contributed by atoms with Crippen molar-refractivity contribution in [2.24, 2.45) is 0 Å². The predicted molar refractivity (Wildman–Crippen MR) is 130 cm³/mol. The first-order chi connectivity index (χ1) is 15.8. The molecule has 6 heteroatoms. The van der Waals surface area contributed by atoms with Crippen LogP contribution in [0.5, 0.6) is 0 Å². The largest absolute Gasteiger partial charge is 0.351 e. The summed E-state index contributed by atoms with van der Waals surface area (Å²) in [7, 11) is 0. The number of nitrogens with one attached hydrogen (secondary N) is 1. The highest BCUT2D eigenvalue weighted by Gasteiger charge is 2.48. The third kappa shape index (κ3) is 4.85. The second-order valence-corrected chi connectivity index (χ2v) is 10.4. The molecule has 1 aliphatic heterocycles. The van der Waals surface area contributed by atoms with E-state index in [1.807, 2.05) is 31.2 Å². The zero-order valence-corrected chi connectivity index (χ0v) is 20.6. The quantitative estimate of drug-likeness (QED) is 0.700. The Morgan fingerprint density at radius 1 is 1.15 bits per heavy atom. The van der Waals surface area contributed by atoms with Gasteiger partial charge in [0.25, 0.3) is 5.91 Å². The number of aromatic nitrogens is 2. The first kappa shape index (κ1) is 23.5. The highest BCUT2D eigenvalue weighted by atomic mass is 16.2. The molecule has 2 amide bonds. The minimum atomic E-state index is -1.00. The number of carbonyl (C=O) groups is 2. The van der Waals surface area contributed by atoms with Gasteiger partial charge in [-0.25, -0.2) is 0 Å². The van der Waals surface area contributed by atoms with Crippen LogP contribution in [-0.4, -0.2) is 38.1 Å². The van der Waals surface area contributed by atoms with Crippen LogP contribution in [0.3, 0.4) is 0 Å². The molecule has 2 heterocycles. The summed E-state index contributed by atoms with van der Waals surface area (Å²) in [4.78, 5) is 29.4. The smallest absolute Gasteiger partial charge is 0.273 e. The minimum absolute atomic E-state index is 0.0674. The molecule has 6 nitrogen and oxygen atoms in total. The van der Waals surface area contributed by atoms with E-state index in [1.54, 1.807) is 9.58 Å². The van der Waals surface area contributed by atoms with Crippen LogP contribution in [0, 0.1) is 6.92 Å². The highest BCUT2D eigenvalue weighted by Crippen LogP contribution is 2.31. The fourth-order valence-electron chi connectivity index (χ4n) is 5.09. The van der Waals surface area contributed by atoms with Gasteiger partial charge in [-0.1, -0.05) is 70.2 Å². The van der Waals surface area contributed by atoms with Gasteiger partial charge in [0, 0.05) is 12.6 Å². The zero-order chi connectivity index (χ0) is 23.6. The normalized spacial score (nSPS) is 22.1. The number of nitrogens with zero attached hydrogens (tertiary/aromatic N) is 3. The number of benzene rings is 1. The lowest BCUT2D eigenvalue weighted by Gasteiger charge is -2.44. The lowest BCUT2D eigenvalue weighted by atomic mass is 9.91. The average Bonchev–Trinajstić information content (AvgIpc) is 3.18. The summed E-state index contributed by atoms with van der Waals surface area (Å²) in [6.07, 6.45) is 8.07. The fraction of sp³-hybridized carbons (Fsp3) is 0.593. The second kappa shape index (κ2) is 9.70. The van der Waals surface area contributed by atoms with Gasteiger partial charge in [0.1, 0.15) is 11.2 Å². The van der Waals surface area contributed by atoms with E-state index in [2.05, 4.69) is 32.2 Å². The third-order valence-corrected chi connectivity index (χ3v) is 7.43. The molecule has 0 radical (unpaired) electrons. The summed E-state index contributed by atoms with van der Waals surface area (Å²) in [6.45, 7) is 8.88. The van der Waals surface area contributed by atoms with Crippen LogP contribution < -0.4 is 5.32 Å². The predicted octanol–water partition coefficient (Wildman–Crippen LogP) is 4.96. The molecule has 33 heavy (non-hydrogen) atoms. The Hall–Kier alpha value is -2.63. The average molecular weight is 451 g/mol. The Labute approximate surface area is 197 Å². The SMILES string of the molecule is Cc1ccccc1CN1C(=O)c2cc(C(C)C)nn2C[C@@]1(C)C(=O)NC1CCCCCCC1. The molecule has 1 aliphatic carbocycles. The van der Waals surface area contributed by atoms with Crippen LogP contribution in [-0.2, 0) is 17.9 Å². The summed E-state index contributed by atoms with van der Waals surface area (Å²) < 4.78 is 1.75. The Balaban J connectivity index is 1.67. The number of amides is 2. The molecule has 178 valence electrons. The van der Waals surface area contributed by atoms with E-state index in [9.17, 15) is 9.59 Å². The van der Waals surface area contributed by atoms with Crippen LogP contribution in [0.1, 0.15) is 98.9 Å². The van der Waals surface area contributed by atoms with Crippen LogP contribution in [0.15, 0.2) is 30.3 Å². The Morgan fingerprint density at radius 3 is 2.48 bits per heavy atom. The van der Waals surface area contributed by atoms with Crippen molar-refractivity contribution in [3.05, 3.63) is 52.8 Å². The standard InChI is InChI=1S/C27H38N4O2/c1-19(2)23-16-24-25(32)30(17-21-13-11-10-12-20(21)3)27(4,18-31(24)29-23)26(33)28-22-14-8-6-5-7-9-15-22/h10-13,16,19,22H,5-9,14-15,17-18H2,1-4H3,(H,28,33)/t27-/m0/s1. The number of aryl methyl sites for hydroxylation is 1. The number of hydrogen-bond acceptors (Lipinski definition) is 3. The maximum Gasteiger partial charge on any atom is 0.273 e. The van der Waals surface area contributed by atoms with E-state index >= 15 is 0 Å². The summed E-state index contributed by atoms with van der Waals surface area (Å²) in [5.74, 6) is 0.0252. The van der Waals surface area contributed by atoms with Crippen molar-refractivity contribution in [1.82, 2.24) is 20.0 Å². The molecule has 1 saturated carbocycles. The zero-order valence-electron chi connectivity index (χ0n) is 20.6. The molecule has 0 spiro atoms. The first-order valence-electron chi connectivity index (χ1n) is 12.5. The number of rotatable bonds is 5. The summed E-state index contributed by atoms with van der Waals surface area (Å²) in [5, 5.41) is 8.04. The maximum atomic E-state index is 13.8. The van der Waals surface area contributed by atoms with Gasteiger partial charge in [0.2, 0.25) is 5.91 Å². The minimum Gasteiger partial charge on any atom is -0.351 e. The molecule has 1 aromatic carbocycles. The Kier molecular flexibility index (Phi) is 6.91. The summed E-state index contributed by atoms with van der Waals surface area (Å²) >= 11 is 0. The summed E-state index contributed by atoms with van der Waals surface area (Å²) in [5.41, 5.74) is 2.64. The van der Waals surface area contributed by atoms with E-state index in [0.29, 0.717) is 18.8 Å². The van der Waals surface area contributed by atoms with Crippen molar-refractivity contribution in [3.63, 3.8) is 0 Å². The van der Waals surface area contributed by atoms with E-state index in [1.165, 1.54) is 19.3 Å². The molecule has 0 unspecified atom stereocenters. The molecule has 1 N–H and O–H groups in total. The van der Waals surface area contributed by atoms with E-state index in [0.717, 1.165) is 42.5 Å². The van der Waals surface area contributed by atoms with E-state index in [-0.39, 0.29) is 23.8 Å². The van der Waals surface area contributed by atoms with Crippen molar-refractivity contribution < 1.29 is 9.59 Å². The van der Waals surface area contributed by atoms with Crippen molar-refractivity contribution >= 4 is 11.8 Å². The van der Waals surface area contributed by atoms with Gasteiger partial charge in [-0.15, -0.1) is 0 Å². The van der Waals surface area contributed by atoms with Crippen LogP contribution >= 0.6 is 0 Å². The Bertz CT molecular complexity index is 1000. The first-order valence-corrected chi connectivity index (χ1v) is 12.5. The lowest BCUT2D eigenvalue weighted by molar-refractivity contribution is -0.134. The van der Waals surface area contributed by atoms with Gasteiger partial charge >= 0.3 is 0 Å². The van der Waals surface area contributed by atoms with Gasteiger partial charge < -0.3 is 10.2 Å². The molecule has 2 aromatic rings. The van der Waals surface area contributed by atoms with Crippen molar-refractivity contribution in [3.8, 4) is 0 Å². The molecule has 0 bridgehead atoms. The molecular weight excluding hydrogens is 412 g/mol. The molecule has 4 rings (SSSR count). The molecule has 1 fully saturated rings. The molecule has 1 aromatic heterocycles. The fourth-order valence-corrected chi connectivity index (χ4v) is 5.09. The van der Waals surface area contributed by atoms with Gasteiger partial charge in [0.05, 0.1) is 12.2 Å². The van der Waals surface area contributed by atoms with Crippen LogP contribution in [0.2, 0.25) is 0 Å². The summed E-state index contributed by atoms with van der Waals surface area (Å²) in [6, 6.07) is 10.2. The van der Waals surface area contributed by atoms with E-state index in [4.69, 9.17) is 5.10 Å². The van der Waals surface area contributed by atoms with Gasteiger partial charge in [-0.05, 0) is 49.8 Å². The molecule has 2 aliphatic rings. The van der Waals surface area contributed by atoms with E-state index < -0.39 is 5.54 Å². The maximum absolute atomic E-state index is 13.8. The highest BCUT2D eigenvalue weighted by molar-refractivity contribution is 5.99. The molecular formula is C27H38N4O2. The van der Waals surface area contributed by atoms with Gasteiger partial charge in [-0.3, -0.25) is 14.3 Å². The third-order valence-electron chi connectivity index (χ3n) is 7.43. The van der Waals surface area contributed by atoms with Crippen molar-refractivity contribution in [2.45, 2.75) is 103 Å². The van der Waals surface area contributed by atoms with Gasteiger partial charge in [0.15, 0.2) is 0 Å². The molecule has 1 atom stereocenters.